The molecule has 0 N–H and O–H groups in total. The average Bonchev–Trinajstić information content (AvgIpc) is 3.41. The van der Waals surface area contributed by atoms with Gasteiger partial charge in [-0.3, -0.25) is 14.4 Å². The Kier molecular flexibility index (Phi) is 60.7. The average molecular weight is 1050 g/mol. The summed E-state index contributed by atoms with van der Waals surface area (Å²) in [4.78, 5) is 38.2. The minimum Gasteiger partial charge on any atom is -0.462 e. The van der Waals surface area contributed by atoms with E-state index in [1.54, 1.807) is 0 Å². The second kappa shape index (κ2) is 63.4. The highest BCUT2D eigenvalue weighted by Crippen LogP contribution is 2.18. The van der Waals surface area contributed by atoms with Crippen molar-refractivity contribution in [2.45, 2.75) is 335 Å². The lowest BCUT2D eigenvalue weighted by Crippen LogP contribution is -2.30. The van der Waals surface area contributed by atoms with Crippen LogP contribution in [-0.4, -0.2) is 37.2 Å². The van der Waals surface area contributed by atoms with Crippen LogP contribution in [0.2, 0.25) is 0 Å². The summed E-state index contributed by atoms with van der Waals surface area (Å²) in [5.41, 5.74) is 0. The topological polar surface area (TPSA) is 78.9 Å². The van der Waals surface area contributed by atoms with E-state index in [0.29, 0.717) is 12.8 Å². The van der Waals surface area contributed by atoms with Gasteiger partial charge >= 0.3 is 17.9 Å². The second-order valence-electron chi connectivity index (χ2n) is 21.6. The Balaban J connectivity index is 4.20. The Hall–Kier alpha value is -3.15. The van der Waals surface area contributed by atoms with Crippen molar-refractivity contribution in [2.24, 2.45) is 0 Å². The van der Waals surface area contributed by atoms with Crippen LogP contribution in [0.3, 0.4) is 0 Å². The first-order chi connectivity index (χ1) is 37.0. The third-order valence-electron chi connectivity index (χ3n) is 14.2. The fourth-order valence-corrected chi connectivity index (χ4v) is 9.36. The number of unbranched alkanes of at least 4 members (excludes halogenated alkanes) is 36. The standard InChI is InChI=1S/C69H122O6/c1-4-7-10-13-16-19-22-24-26-28-30-31-32-33-34-35-36-37-38-40-41-43-45-47-50-53-56-59-62-68(71)74-65-66(64-73-67(70)61-58-55-52-49-21-18-15-12-9-6-3)75-69(72)63-60-57-54-51-48-46-44-42-39-29-27-25-23-20-17-14-11-8-5-2/h8,11-12,15,17,20,25,27,39,42,46,48,66H,4-7,9-10,13-14,16,18-19,21-24,26,28-38,40-41,43-45,47,49-65H2,1-3H3/b11-8-,15-12-,20-17-,27-25-,42-39-,48-46-. The summed E-state index contributed by atoms with van der Waals surface area (Å²) in [7, 11) is 0. The first-order valence-electron chi connectivity index (χ1n) is 32.4. The monoisotopic (exact) mass is 1050 g/mol. The number of esters is 3. The number of carbonyl (C=O) groups is 3. The van der Waals surface area contributed by atoms with Gasteiger partial charge in [0.05, 0.1) is 0 Å². The van der Waals surface area contributed by atoms with E-state index in [2.05, 4.69) is 93.7 Å². The molecular weight excluding hydrogens is 925 g/mol. The molecule has 6 nitrogen and oxygen atoms in total. The molecule has 0 heterocycles. The van der Waals surface area contributed by atoms with Crippen LogP contribution in [0.1, 0.15) is 329 Å². The van der Waals surface area contributed by atoms with Gasteiger partial charge in [0.1, 0.15) is 13.2 Å². The van der Waals surface area contributed by atoms with E-state index >= 15 is 0 Å². The number of allylic oxidation sites excluding steroid dienone is 12. The van der Waals surface area contributed by atoms with Crippen LogP contribution in [0.5, 0.6) is 0 Å². The Bertz CT molecular complexity index is 1390. The molecule has 0 aromatic carbocycles. The third-order valence-corrected chi connectivity index (χ3v) is 14.2. The number of ether oxygens (including phenoxy) is 3. The normalized spacial score (nSPS) is 12.5. The Morgan fingerprint density at radius 2 is 0.547 bits per heavy atom. The van der Waals surface area contributed by atoms with Crippen molar-refractivity contribution < 1.29 is 28.6 Å². The summed E-state index contributed by atoms with van der Waals surface area (Å²) in [6.07, 6.45) is 82.2. The third kappa shape index (κ3) is 61.6. The van der Waals surface area contributed by atoms with Crippen molar-refractivity contribution in [1.29, 1.82) is 0 Å². The fourth-order valence-electron chi connectivity index (χ4n) is 9.36. The highest BCUT2D eigenvalue weighted by Gasteiger charge is 2.19. The summed E-state index contributed by atoms with van der Waals surface area (Å²) in [6, 6.07) is 0. The summed E-state index contributed by atoms with van der Waals surface area (Å²) in [6.45, 7) is 6.47. The molecular formula is C69H122O6. The van der Waals surface area contributed by atoms with Crippen LogP contribution in [0.15, 0.2) is 72.9 Å². The van der Waals surface area contributed by atoms with Crippen molar-refractivity contribution in [3.8, 4) is 0 Å². The minimum absolute atomic E-state index is 0.0891. The van der Waals surface area contributed by atoms with E-state index in [9.17, 15) is 14.4 Å². The van der Waals surface area contributed by atoms with Crippen LogP contribution in [0.25, 0.3) is 0 Å². The van der Waals surface area contributed by atoms with Crippen molar-refractivity contribution in [3.05, 3.63) is 72.9 Å². The highest BCUT2D eigenvalue weighted by molar-refractivity contribution is 5.71. The van der Waals surface area contributed by atoms with Crippen LogP contribution >= 0.6 is 0 Å². The van der Waals surface area contributed by atoms with Gasteiger partial charge in [0, 0.05) is 19.3 Å². The predicted octanol–water partition coefficient (Wildman–Crippen LogP) is 22.1. The first kappa shape index (κ1) is 71.8. The van der Waals surface area contributed by atoms with Crippen LogP contribution in [0, 0.1) is 0 Å². The largest absolute Gasteiger partial charge is 0.462 e. The summed E-state index contributed by atoms with van der Waals surface area (Å²) < 4.78 is 16.9. The highest BCUT2D eigenvalue weighted by atomic mass is 16.6. The van der Waals surface area contributed by atoms with E-state index in [-0.39, 0.29) is 37.5 Å². The molecule has 0 spiro atoms. The van der Waals surface area contributed by atoms with Gasteiger partial charge in [-0.1, -0.05) is 299 Å². The van der Waals surface area contributed by atoms with Crippen molar-refractivity contribution in [1.82, 2.24) is 0 Å². The quantitative estimate of drug-likeness (QED) is 0.0261. The van der Waals surface area contributed by atoms with Gasteiger partial charge < -0.3 is 14.2 Å². The second-order valence-corrected chi connectivity index (χ2v) is 21.6. The summed E-state index contributed by atoms with van der Waals surface area (Å²) in [5.74, 6) is -0.920. The van der Waals surface area contributed by atoms with Crippen molar-refractivity contribution in [2.75, 3.05) is 13.2 Å². The predicted molar refractivity (Wildman–Crippen MR) is 325 cm³/mol. The number of rotatable bonds is 59. The van der Waals surface area contributed by atoms with Gasteiger partial charge in [0.15, 0.2) is 6.10 Å². The van der Waals surface area contributed by atoms with E-state index < -0.39 is 6.10 Å². The molecule has 0 radical (unpaired) electrons. The molecule has 0 aliphatic heterocycles. The molecule has 0 amide bonds. The van der Waals surface area contributed by atoms with Gasteiger partial charge in [-0.25, -0.2) is 0 Å². The molecule has 0 aliphatic rings. The van der Waals surface area contributed by atoms with E-state index in [1.807, 2.05) is 0 Å². The molecule has 6 heteroatoms. The molecule has 0 saturated heterocycles. The van der Waals surface area contributed by atoms with Crippen molar-refractivity contribution >= 4 is 17.9 Å². The number of hydrogen-bond acceptors (Lipinski definition) is 6. The summed E-state index contributed by atoms with van der Waals surface area (Å²) >= 11 is 0. The van der Waals surface area contributed by atoms with Gasteiger partial charge in [-0.15, -0.1) is 0 Å². The molecule has 1 unspecified atom stereocenters. The van der Waals surface area contributed by atoms with Gasteiger partial charge in [-0.2, -0.15) is 0 Å². The Morgan fingerprint density at radius 3 is 0.893 bits per heavy atom. The lowest BCUT2D eigenvalue weighted by molar-refractivity contribution is -0.167. The minimum atomic E-state index is -0.795. The Morgan fingerprint density at radius 1 is 0.280 bits per heavy atom. The lowest BCUT2D eigenvalue weighted by Gasteiger charge is -2.18. The molecule has 75 heavy (non-hydrogen) atoms. The lowest BCUT2D eigenvalue weighted by atomic mass is 10.0. The smallest absolute Gasteiger partial charge is 0.306 e. The van der Waals surface area contributed by atoms with Crippen LogP contribution < -0.4 is 0 Å². The van der Waals surface area contributed by atoms with E-state index in [4.69, 9.17) is 14.2 Å². The molecule has 0 fully saturated rings. The molecule has 0 aromatic heterocycles. The maximum Gasteiger partial charge on any atom is 0.306 e. The zero-order chi connectivity index (χ0) is 54.3. The van der Waals surface area contributed by atoms with Gasteiger partial charge in [0.2, 0.25) is 0 Å². The number of hydrogen-bond donors (Lipinski definition) is 0. The zero-order valence-electron chi connectivity index (χ0n) is 49.8. The van der Waals surface area contributed by atoms with E-state index in [0.717, 1.165) is 116 Å². The molecule has 0 rings (SSSR count). The van der Waals surface area contributed by atoms with Gasteiger partial charge in [0.25, 0.3) is 0 Å². The maximum absolute atomic E-state index is 12.9. The molecule has 0 aromatic rings. The first-order valence-corrected chi connectivity index (χ1v) is 32.4. The fraction of sp³-hybridized carbons (Fsp3) is 0.783. The molecule has 0 saturated carbocycles. The summed E-state index contributed by atoms with van der Waals surface area (Å²) in [5, 5.41) is 0. The SMILES string of the molecule is CC/C=C\C/C=C\C/C=C\C/C=C\C/C=C\CCCCCC(=O)OC(COC(=O)CCCCCCC/C=C\CCC)COC(=O)CCCCCCCCCCCCCCCCCCCCCCCCCCCCCC. The maximum atomic E-state index is 12.9. The van der Waals surface area contributed by atoms with Crippen LogP contribution in [0.4, 0.5) is 0 Å². The number of carbonyl (C=O) groups excluding carboxylic acids is 3. The van der Waals surface area contributed by atoms with Gasteiger partial charge in [-0.05, 0) is 83.5 Å². The molecule has 0 bridgehead atoms. The molecule has 0 aliphatic carbocycles. The molecule has 434 valence electrons. The Labute approximate surface area is 465 Å². The van der Waals surface area contributed by atoms with E-state index in [1.165, 1.54) is 173 Å². The van der Waals surface area contributed by atoms with Crippen molar-refractivity contribution in [3.63, 3.8) is 0 Å². The molecule has 1 atom stereocenters. The zero-order valence-corrected chi connectivity index (χ0v) is 49.8. The van der Waals surface area contributed by atoms with Crippen LogP contribution in [-0.2, 0) is 28.6 Å².